The number of hydrogen-bond donors (Lipinski definition) is 4. The first kappa shape index (κ1) is 14.8. The van der Waals surface area contributed by atoms with Crippen molar-refractivity contribution in [3.8, 4) is 0 Å². The van der Waals surface area contributed by atoms with E-state index in [2.05, 4.69) is 21.2 Å². The summed E-state index contributed by atoms with van der Waals surface area (Å²) in [6.07, 6.45) is 0. The standard InChI is InChI=1S/C15H13N5O2S/c21-20(22)12-7-5-11(6-8-12)16-15(23)19-18-14-9-10-3-1-2-4-13(10)17-14/h1-9,17-18H,(H2,16,19,23). The molecule has 3 rings (SSSR count). The molecule has 0 aliphatic carbocycles. The fourth-order valence-electron chi connectivity index (χ4n) is 2.09. The van der Waals surface area contributed by atoms with E-state index in [1.807, 2.05) is 30.3 Å². The molecule has 0 amide bonds. The van der Waals surface area contributed by atoms with Gasteiger partial charge in [-0.1, -0.05) is 18.2 Å². The summed E-state index contributed by atoms with van der Waals surface area (Å²) in [6, 6.07) is 15.9. The van der Waals surface area contributed by atoms with Gasteiger partial charge < -0.3 is 10.3 Å². The highest BCUT2D eigenvalue weighted by molar-refractivity contribution is 7.80. The number of rotatable bonds is 4. The minimum absolute atomic E-state index is 0.0330. The third-order valence-electron chi connectivity index (χ3n) is 3.18. The molecule has 0 saturated carbocycles. The molecule has 0 aliphatic rings. The van der Waals surface area contributed by atoms with Gasteiger partial charge in [0.25, 0.3) is 5.69 Å². The van der Waals surface area contributed by atoms with Gasteiger partial charge in [-0.05, 0) is 36.5 Å². The van der Waals surface area contributed by atoms with Crippen molar-refractivity contribution in [1.29, 1.82) is 0 Å². The van der Waals surface area contributed by atoms with E-state index in [1.54, 1.807) is 12.1 Å². The quantitative estimate of drug-likeness (QED) is 0.333. The molecule has 0 bridgehead atoms. The summed E-state index contributed by atoms with van der Waals surface area (Å²) in [6.45, 7) is 0. The van der Waals surface area contributed by atoms with E-state index in [9.17, 15) is 10.1 Å². The molecular formula is C15H13N5O2S. The zero-order valence-electron chi connectivity index (χ0n) is 11.9. The Morgan fingerprint density at radius 2 is 1.87 bits per heavy atom. The van der Waals surface area contributed by atoms with Gasteiger partial charge in [-0.3, -0.25) is 21.0 Å². The minimum atomic E-state index is -0.447. The predicted octanol–water partition coefficient (Wildman–Crippen LogP) is 3.39. The van der Waals surface area contributed by atoms with Gasteiger partial charge >= 0.3 is 0 Å². The Labute approximate surface area is 136 Å². The number of benzene rings is 2. The van der Waals surface area contributed by atoms with Gasteiger partial charge in [-0.2, -0.15) is 0 Å². The van der Waals surface area contributed by atoms with Crippen LogP contribution in [-0.2, 0) is 0 Å². The normalized spacial score (nSPS) is 10.3. The highest BCUT2D eigenvalue weighted by Crippen LogP contribution is 2.17. The number of para-hydroxylation sites is 1. The van der Waals surface area contributed by atoms with E-state index in [-0.39, 0.29) is 5.69 Å². The topological polar surface area (TPSA) is 95.0 Å². The van der Waals surface area contributed by atoms with Crippen LogP contribution >= 0.6 is 12.2 Å². The smallest absolute Gasteiger partial charge is 0.269 e. The van der Waals surface area contributed by atoms with Crippen LogP contribution in [0, 0.1) is 10.1 Å². The zero-order chi connectivity index (χ0) is 16.2. The number of H-pyrrole nitrogens is 1. The summed E-state index contributed by atoms with van der Waals surface area (Å²) in [7, 11) is 0. The Morgan fingerprint density at radius 1 is 1.13 bits per heavy atom. The van der Waals surface area contributed by atoms with Gasteiger partial charge in [0, 0.05) is 28.7 Å². The van der Waals surface area contributed by atoms with Crippen LogP contribution in [0.3, 0.4) is 0 Å². The molecular weight excluding hydrogens is 314 g/mol. The van der Waals surface area contributed by atoms with Crippen molar-refractivity contribution in [2.24, 2.45) is 0 Å². The second kappa shape index (κ2) is 6.32. The third-order valence-corrected chi connectivity index (χ3v) is 3.38. The maximum atomic E-state index is 10.6. The predicted molar refractivity (Wildman–Crippen MR) is 94.4 cm³/mol. The lowest BCUT2D eigenvalue weighted by Crippen LogP contribution is -2.33. The number of aromatic nitrogens is 1. The van der Waals surface area contributed by atoms with Crippen molar-refractivity contribution in [2.45, 2.75) is 0 Å². The second-order valence-electron chi connectivity index (χ2n) is 4.78. The molecule has 4 N–H and O–H groups in total. The SMILES string of the molecule is O=[N+]([O-])c1ccc(NC(=S)NNc2cc3ccccc3[nH]2)cc1. The average Bonchev–Trinajstić information content (AvgIpc) is 2.96. The number of nitrogens with one attached hydrogen (secondary N) is 4. The van der Waals surface area contributed by atoms with Gasteiger partial charge in [-0.15, -0.1) is 0 Å². The largest absolute Gasteiger partial charge is 0.340 e. The Morgan fingerprint density at radius 3 is 2.57 bits per heavy atom. The summed E-state index contributed by atoms with van der Waals surface area (Å²) in [5.74, 6) is 0.777. The summed E-state index contributed by atoms with van der Waals surface area (Å²) < 4.78 is 0. The molecule has 2 aromatic carbocycles. The fourth-order valence-corrected chi connectivity index (χ4v) is 2.26. The minimum Gasteiger partial charge on any atom is -0.340 e. The number of aromatic amines is 1. The molecule has 0 saturated heterocycles. The van der Waals surface area contributed by atoms with E-state index in [1.165, 1.54) is 12.1 Å². The van der Waals surface area contributed by atoms with Crippen LogP contribution in [0.1, 0.15) is 0 Å². The molecule has 0 spiro atoms. The average molecular weight is 327 g/mol. The van der Waals surface area contributed by atoms with Crippen LogP contribution < -0.4 is 16.2 Å². The Balaban J connectivity index is 1.57. The maximum Gasteiger partial charge on any atom is 0.269 e. The fraction of sp³-hybridized carbons (Fsp3) is 0. The van der Waals surface area contributed by atoms with Crippen LogP contribution in [0.2, 0.25) is 0 Å². The Hall–Kier alpha value is -3.13. The summed E-state index contributed by atoms with van der Waals surface area (Å²) in [4.78, 5) is 13.4. The first-order chi connectivity index (χ1) is 11.1. The number of nitrogens with zero attached hydrogens (tertiary/aromatic N) is 1. The number of hydrogen-bond acceptors (Lipinski definition) is 4. The lowest BCUT2D eigenvalue weighted by molar-refractivity contribution is -0.384. The van der Waals surface area contributed by atoms with Crippen LogP contribution in [0.15, 0.2) is 54.6 Å². The van der Waals surface area contributed by atoms with Gasteiger partial charge in [0.15, 0.2) is 5.11 Å². The molecule has 1 aromatic heterocycles. The molecule has 116 valence electrons. The van der Waals surface area contributed by atoms with Crippen molar-refractivity contribution < 1.29 is 4.92 Å². The molecule has 7 nitrogen and oxygen atoms in total. The monoisotopic (exact) mass is 327 g/mol. The summed E-state index contributed by atoms with van der Waals surface area (Å²) >= 11 is 5.17. The summed E-state index contributed by atoms with van der Waals surface area (Å²) in [5.41, 5.74) is 7.53. The van der Waals surface area contributed by atoms with Crippen molar-refractivity contribution in [3.05, 3.63) is 64.7 Å². The van der Waals surface area contributed by atoms with E-state index in [0.717, 1.165) is 16.7 Å². The van der Waals surface area contributed by atoms with Gasteiger partial charge in [0.2, 0.25) is 0 Å². The van der Waals surface area contributed by atoms with E-state index in [4.69, 9.17) is 12.2 Å². The van der Waals surface area contributed by atoms with Gasteiger partial charge in [-0.25, -0.2) is 0 Å². The summed E-state index contributed by atoms with van der Waals surface area (Å²) in [5, 5.41) is 15.0. The van der Waals surface area contributed by atoms with Crippen LogP contribution in [0.4, 0.5) is 17.2 Å². The zero-order valence-corrected chi connectivity index (χ0v) is 12.7. The molecule has 0 atom stereocenters. The molecule has 0 radical (unpaired) electrons. The van der Waals surface area contributed by atoms with Crippen LogP contribution in [0.25, 0.3) is 10.9 Å². The maximum absolute atomic E-state index is 10.6. The van der Waals surface area contributed by atoms with Crippen molar-refractivity contribution in [2.75, 3.05) is 10.7 Å². The molecule has 23 heavy (non-hydrogen) atoms. The Kier molecular flexibility index (Phi) is 4.07. The third kappa shape index (κ3) is 3.55. The Bertz CT molecular complexity index is 827. The van der Waals surface area contributed by atoms with E-state index < -0.39 is 4.92 Å². The van der Waals surface area contributed by atoms with Crippen LogP contribution in [-0.4, -0.2) is 15.0 Å². The lowest BCUT2D eigenvalue weighted by Gasteiger charge is -2.11. The van der Waals surface area contributed by atoms with Gasteiger partial charge in [0.1, 0.15) is 5.82 Å². The number of thiocarbonyl (C=S) groups is 1. The number of nitro groups is 1. The first-order valence-electron chi connectivity index (χ1n) is 6.77. The second-order valence-corrected chi connectivity index (χ2v) is 5.19. The van der Waals surface area contributed by atoms with E-state index >= 15 is 0 Å². The highest BCUT2D eigenvalue weighted by Gasteiger charge is 2.05. The van der Waals surface area contributed by atoms with Gasteiger partial charge in [0.05, 0.1) is 4.92 Å². The van der Waals surface area contributed by atoms with Crippen molar-refractivity contribution in [1.82, 2.24) is 10.4 Å². The number of nitro benzene ring substituents is 1. The first-order valence-corrected chi connectivity index (χ1v) is 7.18. The number of non-ortho nitro benzene ring substituents is 1. The number of anilines is 2. The van der Waals surface area contributed by atoms with Crippen molar-refractivity contribution in [3.63, 3.8) is 0 Å². The molecule has 8 heteroatoms. The number of hydrazine groups is 1. The lowest BCUT2D eigenvalue weighted by atomic mass is 10.2. The molecule has 0 unspecified atom stereocenters. The van der Waals surface area contributed by atoms with Crippen LogP contribution in [0.5, 0.6) is 0 Å². The number of fused-ring (bicyclic) bond motifs is 1. The highest BCUT2D eigenvalue weighted by atomic mass is 32.1. The molecule has 3 aromatic rings. The molecule has 1 heterocycles. The van der Waals surface area contributed by atoms with Crippen molar-refractivity contribution >= 4 is 45.4 Å². The molecule has 0 fully saturated rings. The molecule has 0 aliphatic heterocycles. The van der Waals surface area contributed by atoms with E-state index in [0.29, 0.717) is 10.8 Å².